The lowest BCUT2D eigenvalue weighted by atomic mass is 10.2. The number of thioether (sulfide) groups is 1. The van der Waals surface area contributed by atoms with Crippen molar-refractivity contribution in [3.05, 3.63) is 18.2 Å². The van der Waals surface area contributed by atoms with E-state index in [2.05, 4.69) is 18.5 Å². The number of nitrogens with two attached hydrogens (primary N) is 1. The van der Waals surface area contributed by atoms with Crippen LogP contribution in [0.5, 0.6) is 5.75 Å². The van der Waals surface area contributed by atoms with E-state index in [0.717, 1.165) is 24.4 Å². The molecule has 0 aliphatic carbocycles. The summed E-state index contributed by atoms with van der Waals surface area (Å²) in [5.74, 6) is 0.760. The van der Waals surface area contributed by atoms with Crippen molar-refractivity contribution >= 4 is 23.1 Å². The zero-order chi connectivity index (χ0) is 12.7. The van der Waals surface area contributed by atoms with E-state index in [9.17, 15) is 0 Å². The van der Waals surface area contributed by atoms with E-state index >= 15 is 0 Å². The molecule has 17 heavy (non-hydrogen) atoms. The molecule has 0 bridgehead atoms. The molecule has 1 atom stereocenters. The maximum Gasteiger partial charge on any atom is 0.144 e. The quantitative estimate of drug-likeness (QED) is 0.733. The molecule has 1 aromatic carbocycles. The van der Waals surface area contributed by atoms with Gasteiger partial charge in [-0.05, 0) is 31.7 Å². The van der Waals surface area contributed by atoms with E-state index in [0.29, 0.717) is 17.5 Å². The molecule has 1 aromatic rings. The average Bonchev–Trinajstić information content (AvgIpc) is 2.33. The fourth-order valence-electron chi connectivity index (χ4n) is 1.46. The Morgan fingerprint density at radius 2 is 2.24 bits per heavy atom. The normalized spacial score (nSPS) is 12.2. The third kappa shape index (κ3) is 4.77. The van der Waals surface area contributed by atoms with Crippen LogP contribution in [-0.4, -0.2) is 24.7 Å². The van der Waals surface area contributed by atoms with E-state index in [4.69, 9.17) is 10.5 Å². The first-order chi connectivity index (χ1) is 8.17. The van der Waals surface area contributed by atoms with Crippen LogP contribution in [0.15, 0.2) is 18.2 Å². The van der Waals surface area contributed by atoms with Crippen LogP contribution in [-0.2, 0) is 0 Å². The SMILES string of the molecule is CCOc1cc(NCCC(C)SC)ccc1N. The molecule has 0 heterocycles. The summed E-state index contributed by atoms with van der Waals surface area (Å²) in [5.41, 5.74) is 7.57. The Morgan fingerprint density at radius 1 is 1.47 bits per heavy atom. The van der Waals surface area contributed by atoms with Gasteiger partial charge in [-0.15, -0.1) is 0 Å². The lowest BCUT2D eigenvalue weighted by molar-refractivity contribution is 0.342. The Kier molecular flexibility index (Phi) is 6.05. The van der Waals surface area contributed by atoms with Crippen LogP contribution < -0.4 is 15.8 Å². The average molecular weight is 254 g/mol. The molecule has 0 saturated heterocycles. The van der Waals surface area contributed by atoms with Gasteiger partial charge in [-0.1, -0.05) is 6.92 Å². The van der Waals surface area contributed by atoms with Crippen LogP contribution in [0.25, 0.3) is 0 Å². The van der Waals surface area contributed by atoms with Crippen LogP contribution in [0, 0.1) is 0 Å². The van der Waals surface area contributed by atoms with E-state index in [1.165, 1.54) is 0 Å². The predicted molar refractivity (Wildman–Crippen MR) is 78.1 cm³/mol. The first-order valence-corrected chi connectivity index (χ1v) is 7.25. The van der Waals surface area contributed by atoms with Crippen LogP contribution in [0.2, 0.25) is 0 Å². The number of nitrogens with one attached hydrogen (secondary N) is 1. The Balaban J connectivity index is 2.51. The van der Waals surface area contributed by atoms with Gasteiger partial charge < -0.3 is 15.8 Å². The van der Waals surface area contributed by atoms with Gasteiger partial charge >= 0.3 is 0 Å². The molecule has 0 aliphatic heterocycles. The lowest BCUT2D eigenvalue weighted by Gasteiger charge is -2.12. The van der Waals surface area contributed by atoms with Crippen molar-refractivity contribution in [2.45, 2.75) is 25.5 Å². The topological polar surface area (TPSA) is 47.3 Å². The molecule has 0 amide bonds. The second-order valence-corrected chi connectivity index (χ2v) is 5.22. The first kappa shape index (κ1) is 14.0. The summed E-state index contributed by atoms with van der Waals surface area (Å²) in [6.07, 6.45) is 3.29. The second-order valence-electron chi connectivity index (χ2n) is 3.95. The Labute approximate surface area is 108 Å². The highest BCUT2D eigenvalue weighted by molar-refractivity contribution is 7.99. The van der Waals surface area contributed by atoms with Crippen molar-refractivity contribution in [2.75, 3.05) is 30.5 Å². The fraction of sp³-hybridized carbons (Fsp3) is 0.538. The summed E-state index contributed by atoms with van der Waals surface area (Å²) in [5, 5.41) is 4.07. The lowest BCUT2D eigenvalue weighted by Crippen LogP contribution is -2.08. The Morgan fingerprint density at radius 3 is 2.88 bits per heavy atom. The van der Waals surface area contributed by atoms with Crippen LogP contribution in [0.1, 0.15) is 20.3 Å². The molecule has 3 nitrogen and oxygen atoms in total. The summed E-state index contributed by atoms with van der Waals surface area (Å²) in [7, 11) is 0. The molecule has 96 valence electrons. The smallest absolute Gasteiger partial charge is 0.144 e. The van der Waals surface area contributed by atoms with Gasteiger partial charge in [0.25, 0.3) is 0 Å². The van der Waals surface area contributed by atoms with Crippen LogP contribution in [0.4, 0.5) is 11.4 Å². The highest BCUT2D eigenvalue weighted by Crippen LogP contribution is 2.25. The number of hydrogen-bond acceptors (Lipinski definition) is 4. The van der Waals surface area contributed by atoms with Gasteiger partial charge in [0.1, 0.15) is 5.75 Å². The molecule has 0 saturated carbocycles. The maximum absolute atomic E-state index is 5.82. The minimum Gasteiger partial charge on any atom is -0.492 e. The highest BCUT2D eigenvalue weighted by Gasteiger charge is 2.02. The van der Waals surface area contributed by atoms with Gasteiger partial charge in [-0.25, -0.2) is 0 Å². The standard InChI is InChI=1S/C13H22N2OS/c1-4-16-13-9-11(5-6-12(13)14)15-8-7-10(2)17-3/h5-6,9-10,15H,4,7-8,14H2,1-3H3. The van der Waals surface area contributed by atoms with E-state index in [1.807, 2.05) is 36.9 Å². The summed E-state index contributed by atoms with van der Waals surface area (Å²) in [6.45, 7) is 5.80. The van der Waals surface area contributed by atoms with Gasteiger partial charge in [-0.2, -0.15) is 11.8 Å². The van der Waals surface area contributed by atoms with E-state index < -0.39 is 0 Å². The third-order valence-electron chi connectivity index (χ3n) is 2.60. The molecule has 0 spiro atoms. The zero-order valence-electron chi connectivity index (χ0n) is 10.8. The third-order valence-corrected chi connectivity index (χ3v) is 3.64. The molecule has 3 N–H and O–H groups in total. The number of nitrogen functional groups attached to an aromatic ring is 1. The number of anilines is 2. The molecule has 1 rings (SSSR count). The number of ether oxygens (including phenoxy) is 1. The monoisotopic (exact) mass is 254 g/mol. The molecular weight excluding hydrogens is 232 g/mol. The molecule has 0 fully saturated rings. The number of rotatable bonds is 7. The van der Waals surface area contributed by atoms with Gasteiger partial charge in [0.05, 0.1) is 12.3 Å². The van der Waals surface area contributed by atoms with Crippen molar-refractivity contribution in [2.24, 2.45) is 0 Å². The summed E-state index contributed by atoms with van der Waals surface area (Å²) in [4.78, 5) is 0. The van der Waals surface area contributed by atoms with Crippen molar-refractivity contribution in [1.29, 1.82) is 0 Å². The van der Waals surface area contributed by atoms with Gasteiger partial charge in [-0.3, -0.25) is 0 Å². The number of benzene rings is 1. The van der Waals surface area contributed by atoms with Crippen molar-refractivity contribution in [3.8, 4) is 5.75 Å². The van der Waals surface area contributed by atoms with Crippen LogP contribution >= 0.6 is 11.8 Å². The minimum atomic E-state index is 0.636. The second kappa shape index (κ2) is 7.33. The Hall–Kier alpha value is -1.03. The summed E-state index contributed by atoms with van der Waals surface area (Å²) < 4.78 is 5.46. The van der Waals surface area contributed by atoms with Crippen molar-refractivity contribution < 1.29 is 4.74 Å². The molecule has 0 aliphatic rings. The van der Waals surface area contributed by atoms with Gasteiger partial charge in [0.2, 0.25) is 0 Å². The molecule has 0 aromatic heterocycles. The number of hydrogen-bond donors (Lipinski definition) is 2. The largest absolute Gasteiger partial charge is 0.492 e. The summed E-state index contributed by atoms with van der Waals surface area (Å²) in [6, 6.07) is 5.83. The first-order valence-electron chi connectivity index (χ1n) is 5.96. The maximum atomic E-state index is 5.82. The molecular formula is C13H22N2OS. The highest BCUT2D eigenvalue weighted by atomic mass is 32.2. The summed E-state index contributed by atoms with van der Waals surface area (Å²) >= 11 is 1.89. The Bertz CT molecular complexity index is 344. The van der Waals surface area contributed by atoms with Crippen molar-refractivity contribution in [3.63, 3.8) is 0 Å². The van der Waals surface area contributed by atoms with Gasteiger partial charge in [0, 0.05) is 23.5 Å². The molecule has 1 unspecified atom stereocenters. The van der Waals surface area contributed by atoms with Crippen molar-refractivity contribution in [1.82, 2.24) is 0 Å². The zero-order valence-corrected chi connectivity index (χ0v) is 11.6. The van der Waals surface area contributed by atoms with E-state index in [1.54, 1.807) is 0 Å². The minimum absolute atomic E-state index is 0.636. The van der Waals surface area contributed by atoms with E-state index in [-0.39, 0.29) is 0 Å². The molecule has 4 heteroatoms. The van der Waals surface area contributed by atoms with Gasteiger partial charge in [0.15, 0.2) is 0 Å². The molecule has 0 radical (unpaired) electrons. The van der Waals surface area contributed by atoms with Crippen LogP contribution in [0.3, 0.4) is 0 Å². The predicted octanol–water partition coefficient (Wildman–Crippen LogP) is 3.22. The fourth-order valence-corrected chi connectivity index (χ4v) is 1.82.